The van der Waals surface area contributed by atoms with Crippen LogP contribution in [0, 0.1) is 0 Å². The van der Waals surface area contributed by atoms with Crippen molar-refractivity contribution >= 4 is 34.8 Å². The van der Waals surface area contributed by atoms with Crippen LogP contribution in [0.1, 0.15) is 21.5 Å². The summed E-state index contributed by atoms with van der Waals surface area (Å²) in [4.78, 5) is 18.5. The maximum Gasteiger partial charge on any atom is 0.162 e. The van der Waals surface area contributed by atoms with E-state index in [1.54, 1.807) is 38.1 Å². The second-order valence-corrected chi connectivity index (χ2v) is 8.36. The number of aliphatic hydroxyl groups is 1. The number of aliphatic hydroxyl groups excluding tert-OH is 1. The maximum absolute atomic E-state index is 11.8. The third-order valence-corrected chi connectivity index (χ3v) is 6.49. The Labute approximate surface area is 196 Å². The Balaban J connectivity index is 1.63. The number of hydrogen-bond donors (Lipinski definition) is 2. The van der Waals surface area contributed by atoms with E-state index in [-0.39, 0.29) is 6.61 Å². The first-order valence-electron chi connectivity index (χ1n) is 10.4. The van der Waals surface area contributed by atoms with Crippen molar-refractivity contribution in [2.45, 2.75) is 22.9 Å². The fourth-order valence-corrected chi connectivity index (χ4v) is 4.59. The monoisotopic (exact) mass is 460 g/mol. The van der Waals surface area contributed by atoms with Crippen molar-refractivity contribution in [1.29, 1.82) is 0 Å². The van der Waals surface area contributed by atoms with Crippen molar-refractivity contribution in [3.05, 3.63) is 83.4 Å². The highest BCUT2D eigenvalue weighted by Crippen LogP contribution is 2.35. The molecule has 0 bridgehead atoms. The summed E-state index contributed by atoms with van der Waals surface area (Å²) in [5, 5.41) is 13.8. The van der Waals surface area contributed by atoms with E-state index >= 15 is 0 Å². The van der Waals surface area contributed by atoms with Crippen LogP contribution >= 0.6 is 11.8 Å². The van der Waals surface area contributed by atoms with Crippen LogP contribution < -0.4 is 14.8 Å². The molecule has 0 unspecified atom stereocenters. The fourth-order valence-electron chi connectivity index (χ4n) is 3.53. The van der Waals surface area contributed by atoms with Crippen LogP contribution in [0.2, 0.25) is 0 Å². The number of methoxy groups -OCH3 is 2. The third kappa shape index (κ3) is 4.94. The first-order chi connectivity index (χ1) is 16.2. The molecular weight excluding hydrogens is 436 g/mol. The minimum absolute atomic E-state index is 0.0124. The van der Waals surface area contributed by atoms with Gasteiger partial charge in [-0.2, -0.15) is 0 Å². The van der Waals surface area contributed by atoms with Gasteiger partial charge in [0.05, 0.1) is 31.9 Å². The zero-order valence-electron chi connectivity index (χ0n) is 18.4. The number of fused-ring (bicyclic) bond motifs is 1. The second-order valence-electron chi connectivity index (χ2n) is 7.27. The van der Waals surface area contributed by atoms with E-state index in [0.717, 1.165) is 32.6 Å². The minimum atomic E-state index is -0.0124. The van der Waals surface area contributed by atoms with E-state index < -0.39 is 0 Å². The van der Waals surface area contributed by atoms with Gasteiger partial charge in [-0.05, 0) is 35.4 Å². The highest BCUT2D eigenvalue weighted by atomic mass is 32.2. The Morgan fingerprint density at radius 3 is 2.24 bits per heavy atom. The smallest absolute Gasteiger partial charge is 0.162 e. The molecule has 1 aromatic heterocycles. The molecule has 2 N–H and O–H groups in total. The van der Waals surface area contributed by atoms with Gasteiger partial charge >= 0.3 is 0 Å². The topological polar surface area (TPSA) is 80.7 Å². The summed E-state index contributed by atoms with van der Waals surface area (Å²) in [6.45, 7) is 0.471. The van der Waals surface area contributed by atoms with Gasteiger partial charge in [-0.25, -0.2) is 4.98 Å². The van der Waals surface area contributed by atoms with Crippen molar-refractivity contribution in [3.8, 4) is 11.5 Å². The number of ether oxygens (including phenoxy) is 2. The molecule has 0 fully saturated rings. The molecule has 1 heterocycles. The number of nitrogens with one attached hydrogen (secondary N) is 1. The summed E-state index contributed by atoms with van der Waals surface area (Å²) < 4.78 is 10.7. The lowest BCUT2D eigenvalue weighted by Gasteiger charge is -2.14. The zero-order valence-corrected chi connectivity index (χ0v) is 19.2. The maximum atomic E-state index is 11.8. The third-order valence-electron chi connectivity index (χ3n) is 5.26. The summed E-state index contributed by atoms with van der Waals surface area (Å²) in [5.74, 6) is 1.66. The molecule has 0 aliphatic rings. The van der Waals surface area contributed by atoms with Gasteiger partial charge in [0, 0.05) is 27.8 Å². The minimum Gasteiger partial charge on any atom is -0.493 e. The molecule has 7 heteroatoms. The SMILES string of the molecule is COc1cc2cc(C=O)c(NCc3ccccc3Sc3ccccc3CO)nc2cc1OC. The van der Waals surface area contributed by atoms with Gasteiger partial charge in [0.25, 0.3) is 0 Å². The summed E-state index contributed by atoms with van der Waals surface area (Å²) >= 11 is 1.60. The number of anilines is 1. The average molecular weight is 461 g/mol. The van der Waals surface area contributed by atoms with Crippen LogP contribution in [0.5, 0.6) is 11.5 Å². The molecule has 6 nitrogen and oxygen atoms in total. The average Bonchev–Trinajstić information content (AvgIpc) is 2.87. The van der Waals surface area contributed by atoms with Gasteiger partial charge in [0.2, 0.25) is 0 Å². The van der Waals surface area contributed by atoms with Crippen LogP contribution in [-0.2, 0) is 13.2 Å². The summed E-state index contributed by atoms with van der Waals surface area (Å²) in [5.41, 5.74) is 3.10. The molecular formula is C26H24N2O4S. The number of aromatic nitrogens is 1. The number of nitrogens with zero attached hydrogens (tertiary/aromatic N) is 1. The largest absolute Gasteiger partial charge is 0.493 e. The number of aldehydes is 1. The van der Waals surface area contributed by atoms with Gasteiger partial charge < -0.3 is 19.9 Å². The Kier molecular flexibility index (Phi) is 7.12. The van der Waals surface area contributed by atoms with E-state index in [9.17, 15) is 9.90 Å². The van der Waals surface area contributed by atoms with Crippen LogP contribution in [-0.4, -0.2) is 30.6 Å². The van der Waals surface area contributed by atoms with Crippen LogP contribution in [0.4, 0.5) is 5.82 Å². The van der Waals surface area contributed by atoms with Gasteiger partial charge in [0.15, 0.2) is 17.8 Å². The Bertz CT molecular complexity index is 1290. The van der Waals surface area contributed by atoms with E-state index in [1.165, 1.54) is 0 Å². The molecule has 0 saturated carbocycles. The number of pyridine rings is 1. The molecule has 0 saturated heterocycles. The molecule has 168 valence electrons. The Hall–Kier alpha value is -3.55. The summed E-state index contributed by atoms with van der Waals surface area (Å²) in [6, 6.07) is 21.2. The lowest BCUT2D eigenvalue weighted by Crippen LogP contribution is -2.06. The van der Waals surface area contributed by atoms with Crippen molar-refractivity contribution in [2.75, 3.05) is 19.5 Å². The van der Waals surface area contributed by atoms with Crippen LogP contribution in [0.3, 0.4) is 0 Å². The van der Waals surface area contributed by atoms with Gasteiger partial charge in [-0.3, -0.25) is 4.79 Å². The van der Waals surface area contributed by atoms with Crippen molar-refractivity contribution in [1.82, 2.24) is 4.98 Å². The second kappa shape index (κ2) is 10.4. The predicted molar refractivity (Wildman–Crippen MR) is 130 cm³/mol. The van der Waals surface area contributed by atoms with E-state index in [2.05, 4.69) is 10.3 Å². The van der Waals surface area contributed by atoms with Crippen LogP contribution in [0.25, 0.3) is 10.9 Å². The lowest BCUT2D eigenvalue weighted by atomic mass is 10.1. The zero-order chi connectivity index (χ0) is 23.2. The molecule has 0 atom stereocenters. The number of hydrogen-bond acceptors (Lipinski definition) is 7. The van der Waals surface area contributed by atoms with E-state index in [1.807, 2.05) is 54.6 Å². The molecule has 0 aliphatic carbocycles. The van der Waals surface area contributed by atoms with Gasteiger partial charge in [-0.15, -0.1) is 0 Å². The first-order valence-corrected chi connectivity index (χ1v) is 11.2. The van der Waals surface area contributed by atoms with E-state index in [4.69, 9.17) is 9.47 Å². The molecule has 0 amide bonds. The molecule has 0 aliphatic heterocycles. The highest BCUT2D eigenvalue weighted by molar-refractivity contribution is 7.99. The van der Waals surface area contributed by atoms with Crippen molar-refractivity contribution in [2.24, 2.45) is 0 Å². The fraction of sp³-hybridized carbons (Fsp3) is 0.154. The lowest BCUT2D eigenvalue weighted by molar-refractivity contribution is 0.112. The number of benzene rings is 3. The highest BCUT2D eigenvalue weighted by Gasteiger charge is 2.13. The number of rotatable bonds is 9. The summed E-state index contributed by atoms with van der Waals surface area (Å²) in [7, 11) is 3.15. The molecule has 0 radical (unpaired) electrons. The van der Waals surface area contributed by atoms with Gasteiger partial charge in [-0.1, -0.05) is 48.2 Å². The predicted octanol–water partition coefficient (Wildman–Crippen LogP) is 5.32. The molecule has 3 aromatic carbocycles. The molecule has 33 heavy (non-hydrogen) atoms. The van der Waals surface area contributed by atoms with Crippen LogP contribution in [0.15, 0.2) is 76.5 Å². The molecule has 4 aromatic rings. The molecule has 4 rings (SSSR count). The number of carbonyl (C=O) groups excluding carboxylic acids is 1. The van der Waals surface area contributed by atoms with Gasteiger partial charge in [0.1, 0.15) is 5.82 Å². The number of carbonyl (C=O) groups is 1. The standard InChI is InChI=1S/C26H24N2O4S/c1-31-22-12-19-11-20(16-30)26(28-21(19)13-23(22)32-2)27-14-17-7-3-5-9-24(17)33-25-10-6-4-8-18(25)15-29/h3-13,16,29H,14-15H2,1-2H3,(H,27,28). The van der Waals surface area contributed by atoms with E-state index in [0.29, 0.717) is 34.9 Å². The Morgan fingerprint density at radius 2 is 1.58 bits per heavy atom. The van der Waals surface area contributed by atoms with Crippen molar-refractivity contribution in [3.63, 3.8) is 0 Å². The summed E-state index contributed by atoms with van der Waals surface area (Å²) in [6.07, 6.45) is 0.795. The molecule has 0 spiro atoms. The normalized spacial score (nSPS) is 10.8. The Morgan fingerprint density at radius 1 is 0.939 bits per heavy atom. The quantitative estimate of drug-likeness (QED) is 0.327. The van der Waals surface area contributed by atoms with Crippen molar-refractivity contribution < 1.29 is 19.4 Å². The first kappa shape index (κ1) is 22.6.